The number of nitrogens with one attached hydrogen (secondary N) is 2. The van der Waals surface area contributed by atoms with Crippen molar-refractivity contribution in [2.24, 2.45) is 0 Å². The lowest BCUT2D eigenvalue weighted by molar-refractivity contribution is -0.125. The molecule has 1 saturated heterocycles. The zero-order chi connectivity index (χ0) is 16.5. The molecule has 9 heteroatoms. The minimum absolute atomic E-state index is 0.175. The summed E-state index contributed by atoms with van der Waals surface area (Å²) in [6, 6.07) is 2.38. The summed E-state index contributed by atoms with van der Waals surface area (Å²) < 4.78 is 0. The maximum Gasteiger partial charge on any atom is 0.407 e. The van der Waals surface area contributed by atoms with Gasteiger partial charge in [0.15, 0.2) is 5.54 Å². The third kappa shape index (κ3) is 2.69. The fourth-order valence-electron chi connectivity index (χ4n) is 2.22. The Morgan fingerprint density at radius 2 is 2.09 bits per heavy atom. The summed E-state index contributed by atoms with van der Waals surface area (Å²) in [7, 11) is 0. The van der Waals surface area contributed by atoms with Crippen molar-refractivity contribution in [1.82, 2.24) is 25.7 Å². The van der Waals surface area contributed by atoms with Crippen molar-refractivity contribution in [2.45, 2.75) is 31.8 Å². The number of nitrogens with zero attached hydrogens (tertiary/aromatic N) is 3. The third-order valence-corrected chi connectivity index (χ3v) is 3.39. The number of urea groups is 1. The van der Waals surface area contributed by atoms with E-state index in [2.05, 4.69) is 20.8 Å². The van der Waals surface area contributed by atoms with Gasteiger partial charge in [-0.15, -0.1) is 0 Å². The number of imide groups is 1. The first-order valence-corrected chi connectivity index (χ1v) is 6.59. The second-order valence-electron chi connectivity index (χ2n) is 5.96. The molecule has 0 aromatic carbocycles. The highest BCUT2D eigenvalue weighted by molar-refractivity contribution is 6.07. The summed E-state index contributed by atoms with van der Waals surface area (Å²) >= 11 is 0. The molecule has 2 heterocycles. The number of rotatable bonds is 3. The lowest BCUT2D eigenvalue weighted by Gasteiger charge is -2.38. The minimum atomic E-state index is -1.60. The van der Waals surface area contributed by atoms with E-state index in [9.17, 15) is 19.5 Å². The van der Waals surface area contributed by atoms with Crippen LogP contribution in [0.1, 0.15) is 26.5 Å². The Kier molecular flexibility index (Phi) is 3.74. The molecule has 3 N–H and O–H groups in total. The van der Waals surface area contributed by atoms with E-state index in [4.69, 9.17) is 0 Å². The van der Waals surface area contributed by atoms with Crippen molar-refractivity contribution in [1.29, 1.82) is 0 Å². The summed E-state index contributed by atoms with van der Waals surface area (Å²) in [5, 5.41) is 21.6. The van der Waals surface area contributed by atoms with Crippen LogP contribution in [0.25, 0.3) is 0 Å². The van der Waals surface area contributed by atoms with Gasteiger partial charge in [-0.25, -0.2) is 9.59 Å². The number of amides is 4. The average molecular weight is 307 g/mol. The van der Waals surface area contributed by atoms with Gasteiger partial charge in [0.25, 0.3) is 5.91 Å². The SMILES string of the molecule is CC(C)(C)N(C[C@]1(c2cccnn2)NC(=O)NC1=O)C(=O)O. The molecule has 0 unspecified atom stereocenters. The van der Waals surface area contributed by atoms with Gasteiger partial charge in [0, 0.05) is 11.7 Å². The van der Waals surface area contributed by atoms with Crippen LogP contribution in [0.4, 0.5) is 9.59 Å². The average Bonchev–Trinajstić information content (AvgIpc) is 2.71. The van der Waals surface area contributed by atoms with Gasteiger partial charge in [-0.2, -0.15) is 10.2 Å². The summed E-state index contributed by atoms with van der Waals surface area (Å²) in [6.45, 7) is 4.81. The van der Waals surface area contributed by atoms with Crippen LogP contribution < -0.4 is 10.6 Å². The molecule has 9 nitrogen and oxygen atoms in total. The van der Waals surface area contributed by atoms with Crippen molar-refractivity contribution in [2.75, 3.05) is 6.54 Å². The summed E-state index contributed by atoms with van der Waals surface area (Å²) in [6.07, 6.45) is 0.217. The topological polar surface area (TPSA) is 125 Å². The van der Waals surface area contributed by atoms with Crippen molar-refractivity contribution in [3.05, 3.63) is 24.0 Å². The van der Waals surface area contributed by atoms with Crippen molar-refractivity contribution in [3.8, 4) is 0 Å². The quantitative estimate of drug-likeness (QED) is 0.689. The second kappa shape index (κ2) is 5.24. The molecule has 0 radical (unpaired) electrons. The van der Waals surface area contributed by atoms with E-state index < -0.39 is 29.1 Å². The Bertz CT molecular complexity index is 613. The molecule has 1 aliphatic heterocycles. The number of hydrogen-bond donors (Lipinski definition) is 3. The standard InChI is InChI=1S/C13H17N5O4/c1-12(2,3)18(11(21)22)7-13(8-5-4-6-14-17-8)9(19)15-10(20)16-13/h4-6H,7H2,1-3H3,(H,21,22)(H2,15,16,19,20)/t13-/m1/s1. The van der Waals surface area contributed by atoms with Crippen LogP contribution in [0.15, 0.2) is 18.3 Å². The number of carbonyl (C=O) groups is 3. The summed E-state index contributed by atoms with van der Waals surface area (Å²) in [5.74, 6) is -0.659. The predicted octanol–water partition coefficient (Wildman–Crippen LogP) is 0.290. The predicted molar refractivity (Wildman–Crippen MR) is 74.9 cm³/mol. The first-order valence-electron chi connectivity index (χ1n) is 6.59. The first-order chi connectivity index (χ1) is 10.2. The fourth-order valence-corrected chi connectivity index (χ4v) is 2.22. The number of hydrogen-bond acceptors (Lipinski definition) is 5. The molecule has 0 spiro atoms. The molecule has 118 valence electrons. The van der Waals surface area contributed by atoms with E-state index >= 15 is 0 Å². The van der Waals surface area contributed by atoms with Crippen molar-refractivity contribution >= 4 is 18.0 Å². The highest BCUT2D eigenvalue weighted by atomic mass is 16.4. The van der Waals surface area contributed by atoms with Gasteiger partial charge in [0.2, 0.25) is 0 Å². The van der Waals surface area contributed by atoms with Crippen LogP contribution in [0.3, 0.4) is 0 Å². The van der Waals surface area contributed by atoms with E-state index in [0.717, 1.165) is 4.90 Å². The molecule has 1 atom stereocenters. The molecule has 1 aliphatic rings. The monoisotopic (exact) mass is 307 g/mol. The molecular weight excluding hydrogens is 290 g/mol. The molecule has 1 fully saturated rings. The third-order valence-electron chi connectivity index (χ3n) is 3.39. The largest absolute Gasteiger partial charge is 0.465 e. The zero-order valence-electron chi connectivity index (χ0n) is 12.5. The fraction of sp³-hybridized carbons (Fsp3) is 0.462. The number of carbonyl (C=O) groups excluding carboxylic acids is 2. The van der Waals surface area contributed by atoms with Gasteiger partial charge in [-0.3, -0.25) is 10.1 Å². The van der Waals surface area contributed by atoms with Gasteiger partial charge in [0.05, 0.1) is 6.54 Å². The molecule has 0 aliphatic carbocycles. The molecule has 22 heavy (non-hydrogen) atoms. The Hall–Kier alpha value is -2.71. The highest BCUT2D eigenvalue weighted by Gasteiger charge is 2.52. The van der Waals surface area contributed by atoms with E-state index in [-0.39, 0.29) is 12.2 Å². The second-order valence-corrected chi connectivity index (χ2v) is 5.96. The number of carboxylic acid groups (broad SMARTS) is 1. The van der Waals surface area contributed by atoms with Crippen molar-refractivity contribution in [3.63, 3.8) is 0 Å². The van der Waals surface area contributed by atoms with Gasteiger partial charge >= 0.3 is 12.1 Å². The Morgan fingerprint density at radius 3 is 2.50 bits per heavy atom. The molecule has 1 aromatic heterocycles. The smallest absolute Gasteiger partial charge is 0.407 e. The number of aromatic nitrogens is 2. The van der Waals surface area contributed by atoms with Crippen LogP contribution in [0.5, 0.6) is 0 Å². The van der Waals surface area contributed by atoms with E-state index in [1.165, 1.54) is 12.3 Å². The highest BCUT2D eigenvalue weighted by Crippen LogP contribution is 2.27. The summed E-state index contributed by atoms with van der Waals surface area (Å²) in [4.78, 5) is 36.5. The van der Waals surface area contributed by atoms with E-state index in [0.29, 0.717) is 0 Å². The molecule has 4 amide bonds. The summed E-state index contributed by atoms with van der Waals surface area (Å²) in [5.41, 5.74) is -2.19. The van der Waals surface area contributed by atoms with Crippen molar-refractivity contribution < 1.29 is 19.5 Å². The van der Waals surface area contributed by atoms with Crippen LogP contribution in [0.2, 0.25) is 0 Å². The Balaban J connectivity index is 2.49. The van der Waals surface area contributed by atoms with E-state index in [1.54, 1.807) is 26.8 Å². The minimum Gasteiger partial charge on any atom is -0.465 e. The molecule has 1 aromatic rings. The normalized spacial score (nSPS) is 21.2. The molecule has 0 bridgehead atoms. The van der Waals surface area contributed by atoms with Gasteiger partial charge < -0.3 is 15.3 Å². The maximum atomic E-state index is 12.3. The lowest BCUT2D eigenvalue weighted by Crippen LogP contribution is -2.58. The van der Waals surface area contributed by atoms with E-state index in [1.807, 2.05) is 0 Å². The lowest BCUT2D eigenvalue weighted by atomic mass is 9.92. The first kappa shape index (κ1) is 15.7. The Labute approximate surface area is 126 Å². The molecule has 2 rings (SSSR count). The molecule has 0 saturated carbocycles. The maximum absolute atomic E-state index is 12.3. The van der Waals surface area contributed by atoms with Crippen LogP contribution in [0, 0.1) is 0 Å². The van der Waals surface area contributed by atoms with Gasteiger partial charge in [-0.1, -0.05) is 0 Å². The van der Waals surface area contributed by atoms with Gasteiger partial charge in [0.1, 0.15) is 5.69 Å². The van der Waals surface area contributed by atoms with Gasteiger partial charge in [-0.05, 0) is 32.9 Å². The van der Waals surface area contributed by atoms with Crippen LogP contribution in [-0.2, 0) is 10.3 Å². The van der Waals surface area contributed by atoms with Crippen LogP contribution in [-0.4, -0.2) is 50.3 Å². The van der Waals surface area contributed by atoms with Crippen LogP contribution >= 0.6 is 0 Å². The molecular formula is C13H17N5O4. The zero-order valence-corrected chi connectivity index (χ0v) is 12.5. The Morgan fingerprint density at radius 1 is 1.41 bits per heavy atom.